The maximum absolute atomic E-state index is 12.6. The molecular formula is C13H28NO4PS. The topological polar surface area (TPSA) is 48.0 Å². The molecule has 0 N–H and O–H groups in total. The molecule has 1 atom stereocenters. The summed E-state index contributed by atoms with van der Waals surface area (Å²) in [6, 6.07) is 0. The summed E-state index contributed by atoms with van der Waals surface area (Å²) in [7, 11) is 0. The van der Waals surface area contributed by atoms with Gasteiger partial charge in [-0.3, -0.25) is 9.42 Å². The van der Waals surface area contributed by atoms with Crippen LogP contribution in [-0.4, -0.2) is 56.2 Å². The van der Waals surface area contributed by atoms with Gasteiger partial charge in [-0.15, -0.1) is 0 Å². The minimum absolute atomic E-state index is 0.0936. The lowest BCUT2D eigenvalue weighted by Crippen LogP contribution is -2.37. The maximum Gasteiger partial charge on any atom is 0.389 e. The van der Waals surface area contributed by atoms with Crippen LogP contribution in [-0.2, 0) is 18.3 Å². The molecule has 7 heteroatoms. The molecule has 120 valence electrons. The smallest absolute Gasteiger partial charge is 0.379 e. The number of nitrogens with zero attached hydrogens (tertiary/aromatic N) is 1. The van der Waals surface area contributed by atoms with Gasteiger partial charge in [-0.25, -0.2) is 4.57 Å². The summed E-state index contributed by atoms with van der Waals surface area (Å²) in [5.74, 6) is 1.10. The maximum atomic E-state index is 12.6. The molecule has 1 unspecified atom stereocenters. The summed E-state index contributed by atoms with van der Waals surface area (Å²) in [4.78, 5) is 2.32. The third kappa shape index (κ3) is 8.01. The lowest BCUT2D eigenvalue weighted by molar-refractivity contribution is 0.0410. The van der Waals surface area contributed by atoms with E-state index in [9.17, 15) is 4.57 Å². The van der Waals surface area contributed by atoms with E-state index in [1.165, 1.54) is 11.4 Å². The van der Waals surface area contributed by atoms with Crippen LogP contribution >= 0.6 is 18.2 Å². The molecule has 1 heterocycles. The fourth-order valence-corrected chi connectivity index (χ4v) is 5.48. The molecule has 0 amide bonds. The molecule has 0 aromatic carbocycles. The molecular weight excluding hydrogens is 297 g/mol. The number of morpholine rings is 1. The summed E-state index contributed by atoms with van der Waals surface area (Å²) in [5, 5.41) is 0. The van der Waals surface area contributed by atoms with E-state index in [1.54, 1.807) is 0 Å². The van der Waals surface area contributed by atoms with Gasteiger partial charge < -0.3 is 9.26 Å². The van der Waals surface area contributed by atoms with E-state index in [4.69, 9.17) is 13.8 Å². The predicted octanol–water partition coefficient (Wildman–Crippen LogP) is 3.26. The van der Waals surface area contributed by atoms with Gasteiger partial charge in [-0.05, 0) is 31.1 Å². The summed E-state index contributed by atoms with van der Waals surface area (Å²) in [5.41, 5.74) is 0. The van der Waals surface area contributed by atoms with Crippen molar-refractivity contribution in [2.24, 2.45) is 5.92 Å². The minimum atomic E-state index is -3.04. The Bertz CT molecular complexity index is 309. The van der Waals surface area contributed by atoms with Crippen LogP contribution in [0.3, 0.4) is 0 Å². The minimum Gasteiger partial charge on any atom is -0.379 e. The highest BCUT2D eigenvalue weighted by Crippen LogP contribution is 2.61. The van der Waals surface area contributed by atoms with Gasteiger partial charge in [0.05, 0.1) is 25.9 Å². The van der Waals surface area contributed by atoms with Crippen molar-refractivity contribution in [1.29, 1.82) is 0 Å². The van der Waals surface area contributed by atoms with Gasteiger partial charge in [0.15, 0.2) is 0 Å². The largest absolute Gasteiger partial charge is 0.389 e. The predicted molar refractivity (Wildman–Crippen MR) is 84.3 cm³/mol. The van der Waals surface area contributed by atoms with Crippen LogP contribution in [0.4, 0.5) is 0 Å². The quantitative estimate of drug-likeness (QED) is 0.607. The van der Waals surface area contributed by atoms with Crippen LogP contribution in [0.1, 0.15) is 27.7 Å². The second-order valence-electron chi connectivity index (χ2n) is 5.58. The standard InChI is InChI=1S/C13H28NO4PS/c1-12(2)11-17-19(15,18-13(3)4)20-10-7-14-5-8-16-9-6-14/h12-13H,5-11H2,1-4H3. The lowest BCUT2D eigenvalue weighted by Gasteiger charge is -2.27. The molecule has 1 aliphatic rings. The highest BCUT2D eigenvalue weighted by Gasteiger charge is 2.27. The molecule has 0 saturated carbocycles. The first kappa shape index (κ1) is 18.5. The Balaban J connectivity index is 2.36. The van der Waals surface area contributed by atoms with Gasteiger partial charge >= 0.3 is 6.80 Å². The van der Waals surface area contributed by atoms with Crippen LogP contribution < -0.4 is 0 Å². The van der Waals surface area contributed by atoms with Gasteiger partial charge in [0.1, 0.15) is 0 Å². The number of hydrogen-bond acceptors (Lipinski definition) is 6. The number of ether oxygens (including phenoxy) is 1. The fraction of sp³-hybridized carbons (Fsp3) is 1.00. The molecule has 0 aliphatic carbocycles. The van der Waals surface area contributed by atoms with E-state index in [0.29, 0.717) is 12.5 Å². The Morgan fingerprint density at radius 1 is 1.25 bits per heavy atom. The van der Waals surface area contributed by atoms with Gasteiger partial charge in [-0.1, -0.05) is 13.8 Å². The normalized spacial score (nSPS) is 20.5. The van der Waals surface area contributed by atoms with Crippen molar-refractivity contribution in [3.05, 3.63) is 0 Å². The molecule has 5 nitrogen and oxygen atoms in total. The third-order valence-electron chi connectivity index (χ3n) is 2.67. The van der Waals surface area contributed by atoms with E-state index >= 15 is 0 Å². The molecule has 20 heavy (non-hydrogen) atoms. The molecule has 1 saturated heterocycles. The van der Waals surface area contributed by atoms with Crippen molar-refractivity contribution in [2.75, 3.05) is 45.2 Å². The Hall–Kier alpha value is 0.420. The van der Waals surface area contributed by atoms with E-state index in [1.807, 2.05) is 27.7 Å². The zero-order valence-corrected chi connectivity index (χ0v) is 14.8. The van der Waals surface area contributed by atoms with Crippen LogP contribution in [0.2, 0.25) is 0 Å². The Morgan fingerprint density at radius 2 is 1.90 bits per heavy atom. The zero-order valence-electron chi connectivity index (χ0n) is 13.0. The zero-order chi connectivity index (χ0) is 15.0. The molecule has 0 spiro atoms. The van der Waals surface area contributed by atoms with Crippen LogP contribution in [0, 0.1) is 5.92 Å². The van der Waals surface area contributed by atoms with Crippen molar-refractivity contribution in [1.82, 2.24) is 4.90 Å². The van der Waals surface area contributed by atoms with Gasteiger partial charge in [0.25, 0.3) is 0 Å². The summed E-state index contributed by atoms with van der Waals surface area (Å²) in [6.45, 7) is 9.63. The van der Waals surface area contributed by atoms with Crippen LogP contribution in [0.25, 0.3) is 0 Å². The first-order valence-electron chi connectivity index (χ1n) is 7.29. The molecule has 1 rings (SSSR count). The van der Waals surface area contributed by atoms with Crippen LogP contribution in [0.5, 0.6) is 0 Å². The van der Waals surface area contributed by atoms with Crippen molar-refractivity contribution in [3.63, 3.8) is 0 Å². The van der Waals surface area contributed by atoms with Gasteiger partial charge in [0, 0.05) is 25.4 Å². The Kier molecular flexibility index (Phi) is 8.72. The Morgan fingerprint density at radius 3 is 2.45 bits per heavy atom. The second-order valence-corrected chi connectivity index (χ2v) is 9.72. The first-order valence-corrected chi connectivity index (χ1v) is 10.4. The molecule has 0 aromatic heterocycles. The molecule has 0 aromatic rings. The lowest BCUT2D eigenvalue weighted by atomic mass is 10.2. The van der Waals surface area contributed by atoms with Crippen LogP contribution in [0.15, 0.2) is 0 Å². The van der Waals surface area contributed by atoms with Gasteiger partial charge in [-0.2, -0.15) is 0 Å². The third-order valence-corrected chi connectivity index (χ3v) is 6.56. The monoisotopic (exact) mass is 325 g/mol. The Labute approximate surface area is 127 Å². The average Bonchev–Trinajstić information content (AvgIpc) is 2.37. The van der Waals surface area contributed by atoms with Gasteiger partial charge in [0.2, 0.25) is 0 Å². The highest BCUT2D eigenvalue weighted by atomic mass is 32.7. The molecule has 0 bridgehead atoms. The highest BCUT2D eigenvalue weighted by molar-refractivity contribution is 8.55. The first-order chi connectivity index (χ1) is 9.41. The molecule has 1 aliphatic heterocycles. The van der Waals surface area contributed by atoms with Crippen molar-refractivity contribution in [2.45, 2.75) is 33.8 Å². The summed E-state index contributed by atoms with van der Waals surface area (Å²) < 4.78 is 29.0. The number of rotatable bonds is 9. The second kappa shape index (κ2) is 9.44. The van der Waals surface area contributed by atoms with Crippen molar-refractivity contribution >= 4 is 18.2 Å². The SMILES string of the molecule is CC(C)COP(=O)(OC(C)C)SCCN1CCOCC1. The average molecular weight is 325 g/mol. The molecule has 0 radical (unpaired) electrons. The number of hydrogen-bond donors (Lipinski definition) is 0. The van der Waals surface area contributed by atoms with E-state index < -0.39 is 6.80 Å². The van der Waals surface area contributed by atoms with E-state index in [-0.39, 0.29) is 6.10 Å². The van der Waals surface area contributed by atoms with E-state index in [0.717, 1.165) is 38.6 Å². The fourth-order valence-electron chi connectivity index (χ4n) is 1.70. The van der Waals surface area contributed by atoms with Crippen molar-refractivity contribution < 1.29 is 18.3 Å². The molecule has 1 fully saturated rings. The van der Waals surface area contributed by atoms with E-state index in [2.05, 4.69) is 4.90 Å². The summed E-state index contributed by atoms with van der Waals surface area (Å²) in [6.07, 6.45) is -0.0936. The van der Waals surface area contributed by atoms with Crippen molar-refractivity contribution in [3.8, 4) is 0 Å². The summed E-state index contributed by atoms with van der Waals surface area (Å²) >= 11 is 1.32.